The second kappa shape index (κ2) is 8.32. The van der Waals surface area contributed by atoms with Gasteiger partial charge in [0.25, 0.3) is 5.56 Å². The van der Waals surface area contributed by atoms with Crippen LogP contribution in [-0.2, 0) is 27.9 Å². The maximum Gasteiger partial charge on any atom is 0.251 e. The average Bonchev–Trinajstić information content (AvgIpc) is 3.37. The molecule has 2 heterocycles. The van der Waals surface area contributed by atoms with Crippen LogP contribution in [0.15, 0.2) is 50.8 Å². The van der Waals surface area contributed by atoms with Gasteiger partial charge < -0.3 is 13.9 Å². The highest BCUT2D eigenvalue weighted by molar-refractivity contribution is 7.89. The van der Waals surface area contributed by atoms with E-state index in [4.69, 9.17) is 4.42 Å². The minimum absolute atomic E-state index is 0.00704. The van der Waals surface area contributed by atoms with Gasteiger partial charge in [0.2, 0.25) is 15.9 Å². The van der Waals surface area contributed by atoms with Gasteiger partial charge in [-0.05, 0) is 31.0 Å². The summed E-state index contributed by atoms with van der Waals surface area (Å²) in [5.41, 5.74) is -0.416. The molecular formula is C19H25N3O5S. The number of sulfonamides is 1. The van der Waals surface area contributed by atoms with Gasteiger partial charge in [0.05, 0.1) is 17.7 Å². The van der Waals surface area contributed by atoms with E-state index in [1.165, 1.54) is 22.6 Å². The van der Waals surface area contributed by atoms with Gasteiger partial charge in [-0.2, -0.15) is 4.31 Å². The summed E-state index contributed by atoms with van der Waals surface area (Å²) < 4.78 is 33.2. The molecule has 1 saturated carbocycles. The fourth-order valence-electron chi connectivity index (χ4n) is 3.11. The quantitative estimate of drug-likeness (QED) is 0.630. The molecule has 1 fully saturated rings. The van der Waals surface area contributed by atoms with E-state index in [0.29, 0.717) is 25.4 Å². The first kappa shape index (κ1) is 20.3. The first-order valence-electron chi connectivity index (χ1n) is 9.39. The Morgan fingerprint density at radius 1 is 1.21 bits per heavy atom. The molecule has 9 heteroatoms. The van der Waals surface area contributed by atoms with Crippen LogP contribution in [0.5, 0.6) is 0 Å². The number of carbonyl (C=O) groups excluding carboxylic acids is 1. The summed E-state index contributed by atoms with van der Waals surface area (Å²) in [5, 5.41) is 0. The van der Waals surface area contributed by atoms with Gasteiger partial charge in [-0.3, -0.25) is 9.59 Å². The zero-order valence-electron chi connectivity index (χ0n) is 16.1. The summed E-state index contributed by atoms with van der Waals surface area (Å²) in [6.45, 7) is 4.29. The highest BCUT2D eigenvalue weighted by atomic mass is 32.2. The zero-order chi connectivity index (χ0) is 20.3. The molecule has 0 radical (unpaired) electrons. The van der Waals surface area contributed by atoms with Gasteiger partial charge in [0, 0.05) is 31.4 Å². The van der Waals surface area contributed by atoms with Crippen LogP contribution in [0.3, 0.4) is 0 Å². The molecule has 0 N–H and O–H groups in total. The number of nitrogens with zero attached hydrogens (tertiary/aromatic N) is 3. The van der Waals surface area contributed by atoms with Crippen molar-refractivity contribution in [2.24, 2.45) is 0 Å². The third kappa shape index (κ3) is 4.36. The second-order valence-electron chi connectivity index (χ2n) is 6.75. The fourth-order valence-corrected chi connectivity index (χ4v) is 4.59. The highest BCUT2D eigenvalue weighted by Crippen LogP contribution is 2.28. The Morgan fingerprint density at radius 3 is 2.50 bits per heavy atom. The van der Waals surface area contributed by atoms with Gasteiger partial charge in [0.15, 0.2) is 0 Å². The van der Waals surface area contributed by atoms with E-state index in [0.717, 1.165) is 17.4 Å². The first-order valence-corrected chi connectivity index (χ1v) is 10.8. The SMILES string of the molecule is CCN(CC)S(=O)(=O)c1ccc(=O)n(CC(=O)N(Cc2ccco2)C2CC2)c1. The predicted molar refractivity (Wildman–Crippen MR) is 103 cm³/mol. The van der Waals surface area contributed by atoms with Crippen LogP contribution >= 0.6 is 0 Å². The molecule has 0 unspecified atom stereocenters. The molecule has 0 saturated heterocycles. The van der Waals surface area contributed by atoms with Crippen molar-refractivity contribution in [1.29, 1.82) is 0 Å². The second-order valence-corrected chi connectivity index (χ2v) is 8.69. The van der Waals surface area contributed by atoms with Crippen molar-refractivity contribution in [3.8, 4) is 0 Å². The van der Waals surface area contributed by atoms with E-state index < -0.39 is 15.6 Å². The Hall–Kier alpha value is -2.39. The number of hydrogen-bond acceptors (Lipinski definition) is 5. The van der Waals surface area contributed by atoms with Crippen molar-refractivity contribution in [2.45, 2.75) is 50.7 Å². The van der Waals surface area contributed by atoms with Crippen LogP contribution in [-0.4, -0.2) is 47.2 Å². The molecule has 1 aliphatic carbocycles. The predicted octanol–water partition coefficient (Wildman–Crippen LogP) is 1.66. The molecule has 28 heavy (non-hydrogen) atoms. The van der Waals surface area contributed by atoms with Crippen molar-refractivity contribution in [3.63, 3.8) is 0 Å². The van der Waals surface area contributed by atoms with Crippen molar-refractivity contribution in [2.75, 3.05) is 13.1 Å². The molecule has 1 aliphatic rings. The Labute approximate surface area is 164 Å². The van der Waals surface area contributed by atoms with E-state index in [1.54, 1.807) is 37.1 Å². The average molecular weight is 407 g/mol. The lowest BCUT2D eigenvalue weighted by molar-refractivity contribution is -0.133. The van der Waals surface area contributed by atoms with E-state index in [9.17, 15) is 18.0 Å². The molecule has 0 aromatic carbocycles. The van der Waals surface area contributed by atoms with E-state index in [2.05, 4.69) is 0 Å². The number of carbonyl (C=O) groups is 1. The van der Waals surface area contributed by atoms with Gasteiger partial charge in [-0.25, -0.2) is 8.42 Å². The first-order chi connectivity index (χ1) is 13.4. The summed E-state index contributed by atoms with van der Waals surface area (Å²) in [6, 6.07) is 6.18. The number of aromatic nitrogens is 1. The largest absolute Gasteiger partial charge is 0.467 e. The lowest BCUT2D eigenvalue weighted by atomic mass is 10.3. The number of rotatable bonds is 9. The maximum absolute atomic E-state index is 12.8. The molecule has 8 nitrogen and oxygen atoms in total. The Morgan fingerprint density at radius 2 is 1.93 bits per heavy atom. The maximum atomic E-state index is 12.8. The molecule has 152 valence electrons. The summed E-state index contributed by atoms with van der Waals surface area (Å²) in [7, 11) is -3.71. The van der Waals surface area contributed by atoms with Gasteiger partial charge in [-0.15, -0.1) is 0 Å². The van der Waals surface area contributed by atoms with Crippen LogP contribution < -0.4 is 5.56 Å². The van der Waals surface area contributed by atoms with E-state index in [1.807, 2.05) is 0 Å². The molecule has 2 aromatic heterocycles. The number of furan rings is 1. The summed E-state index contributed by atoms with van der Waals surface area (Å²) in [6.07, 6.45) is 4.64. The third-order valence-electron chi connectivity index (χ3n) is 4.82. The minimum Gasteiger partial charge on any atom is -0.467 e. The minimum atomic E-state index is -3.71. The summed E-state index contributed by atoms with van der Waals surface area (Å²) >= 11 is 0. The zero-order valence-corrected chi connectivity index (χ0v) is 16.9. The molecule has 0 atom stereocenters. The number of hydrogen-bond donors (Lipinski definition) is 0. The number of pyridine rings is 1. The van der Waals surface area contributed by atoms with Crippen LogP contribution in [0, 0.1) is 0 Å². The Balaban J connectivity index is 1.83. The molecule has 2 aromatic rings. The van der Waals surface area contributed by atoms with Crippen LogP contribution in [0.1, 0.15) is 32.4 Å². The smallest absolute Gasteiger partial charge is 0.251 e. The molecule has 0 spiro atoms. The molecule has 0 aliphatic heterocycles. The summed E-state index contributed by atoms with van der Waals surface area (Å²) in [5.74, 6) is 0.434. The van der Waals surface area contributed by atoms with Crippen molar-refractivity contribution in [3.05, 3.63) is 52.8 Å². The Kier molecular flexibility index (Phi) is 6.04. The van der Waals surface area contributed by atoms with Crippen LogP contribution in [0.2, 0.25) is 0 Å². The van der Waals surface area contributed by atoms with E-state index >= 15 is 0 Å². The van der Waals surface area contributed by atoms with Crippen molar-refractivity contribution >= 4 is 15.9 Å². The Bertz CT molecular complexity index is 973. The van der Waals surface area contributed by atoms with Crippen LogP contribution in [0.25, 0.3) is 0 Å². The topological polar surface area (TPSA) is 92.8 Å². The van der Waals surface area contributed by atoms with Gasteiger partial charge >= 0.3 is 0 Å². The lowest BCUT2D eigenvalue weighted by Gasteiger charge is -2.22. The van der Waals surface area contributed by atoms with Crippen molar-refractivity contribution in [1.82, 2.24) is 13.8 Å². The van der Waals surface area contributed by atoms with Gasteiger partial charge in [0.1, 0.15) is 12.3 Å². The van der Waals surface area contributed by atoms with E-state index in [-0.39, 0.29) is 23.4 Å². The lowest BCUT2D eigenvalue weighted by Crippen LogP contribution is -2.38. The summed E-state index contributed by atoms with van der Waals surface area (Å²) in [4.78, 5) is 26.8. The molecular weight excluding hydrogens is 382 g/mol. The third-order valence-corrected chi connectivity index (χ3v) is 6.85. The molecule has 0 bridgehead atoms. The molecule has 1 amide bonds. The molecule has 3 rings (SSSR count). The normalized spacial score (nSPS) is 14.4. The van der Waals surface area contributed by atoms with Crippen LogP contribution in [0.4, 0.5) is 0 Å². The fraction of sp³-hybridized carbons (Fsp3) is 0.474. The highest BCUT2D eigenvalue weighted by Gasteiger charge is 2.33. The van der Waals surface area contributed by atoms with Gasteiger partial charge in [-0.1, -0.05) is 13.8 Å². The van der Waals surface area contributed by atoms with Crippen molar-refractivity contribution < 1.29 is 17.6 Å². The number of amides is 1. The monoisotopic (exact) mass is 407 g/mol. The standard InChI is InChI=1S/C19H25N3O5S/c1-3-21(4-2)28(25,26)17-9-10-18(23)20(13-17)14-19(24)22(15-7-8-15)12-16-6-5-11-27-16/h5-6,9-11,13,15H,3-4,7-8,12,14H2,1-2H3.